The minimum atomic E-state index is -1.01. The number of carbonyl (C=O) groups is 2. The van der Waals surface area contributed by atoms with Gasteiger partial charge in [0.2, 0.25) is 5.91 Å². The van der Waals surface area contributed by atoms with E-state index in [-0.39, 0.29) is 12.0 Å². The molecular formula is C14H25NO5. The first kappa shape index (κ1) is 16.9. The molecule has 1 amide bonds. The number of hydrogen-bond acceptors (Lipinski definition) is 4. The van der Waals surface area contributed by atoms with Crippen LogP contribution in [0.25, 0.3) is 0 Å². The number of nitrogens with one attached hydrogen (secondary N) is 1. The average Bonchev–Trinajstić information content (AvgIpc) is 2.93. The number of aliphatic carboxylic acids is 1. The van der Waals surface area contributed by atoms with Gasteiger partial charge in [0, 0.05) is 6.61 Å². The number of rotatable bonds is 8. The second-order valence-electron chi connectivity index (χ2n) is 5.32. The van der Waals surface area contributed by atoms with E-state index in [1.54, 1.807) is 13.8 Å². The van der Waals surface area contributed by atoms with Gasteiger partial charge in [-0.05, 0) is 25.7 Å². The van der Waals surface area contributed by atoms with Crippen LogP contribution in [0.2, 0.25) is 0 Å². The van der Waals surface area contributed by atoms with Crippen LogP contribution in [0, 0.1) is 5.92 Å². The molecule has 6 nitrogen and oxygen atoms in total. The maximum atomic E-state index is 11.9. The van der Waals surface area contributed by atoms with Crippen molar-refractivity contribution in [3.05, 3.63) is 0 Å². The summed E-state index contributed by atoms with van der Waals surface area (Å²) in [7, 11) is 0. The zero-order chi connectivity index (χ0) is 15.1. The summed E-state index contributed by atoms with van der Waals surface area (Å²) in [6.07, 6.45) is 2.02. The molecule has 1 heterocycles. The minimum absolute atomic E-state index is 0.0510. The van der Waals surface area contributed by atoms with E-state index in [4.69, 9.17) is 14.6 Å². The highest BCUT2D eigenvalue weighted by molar-refractivity contribution is 5.86. The standard InChI is InChI=1S/C14H25NO5/c1-4-9(2)12(14(17)18)15-13(16)10(3)20-8-11-6-5-7-19-11/h9-12H,4-8H2,1-3H3,(H,15,16)(H,17,18). The zero-order valence-corrected chi connectivity index (χ0v) is 12.4. The number of hydrogen-bond donors (Lipinski definition) is 2. The molecule has 1 aliphatic rings. The second kappa shape index (κ2) is 8.21. The molecule has 0 aromatic heterocycles. The quantitative estimate of drug-likeness (QED) is 0.700. The molecule has 4 unspecified atom stereocenters. The van der Waals surface area contributed by atoms with Crippen molar-refractivity contribution in [3.8, 4) is 0 Å². The van der Waals surface area contributed by atoms with Gasteiger partial charge in [0.15, 0.2) is 0 Å². The van der Waals surface area contributed by atoms with E-state index < -0.39 is 24.0 Å². The average molecular weight is 287 g/mol. The van der Waals surface area contributed by atoms with Crippen LogP contribution in [-0.2, 0) is 19.1 Å². The molecule has 0 aromatic rings. The van der Waals surface area contributed by atoms with Crippen LogP contribution >= 0.6 is 0 Å². The Bertz CT molecular complexity index is 328. The minimum Gasteiger partial charge on any atom is -0.480 e. The van der Waals surface area contributed by atoms with Crippen molar-refractivity contribution >= 4 is 11.9 Å². The summed E-state index contributed by atoms with van der Waals surface area (Å²) in [6, 6.07) is -0.874. The largest absolute Gasteiger partial charge is 0.480 e. The third-order valence-corrected chi connectivity index (χ3v) is 3.70. The van der Waals surface area contributed by atoms with Crippen LogP contribution in [0.1, 0.15) is 40.0 Å². The predicted molar refractivity (Wildman–Crippen MR) is 73.4 cm³/mol. The van der Waals surface area contributed by atoms with Crippen LogP contribution in [0.15, 0.2) is 0 Å². The van der Waals surface area contributed by atoms with Gasteiger partial charge in [0.05, 0.1) is 12.7 Å². The van der Waals surface area contributed by atoms with Crippen LogP contribution in [-0.4, -0.2) is 48.4 Å². The number of carboxylic acid groups (broad SMARTS) is 1. The Hall–Kier alpha value is -1.14. The van der Waals surface area contributed by atoms with Gasteiger partial charge in [-0.15, -0.1) is 0 Å². The normalized spacial score (nSPS) is 23.1. The third-order valence-electron chi connectivity index (χ3n) is 3.70. The molecule has 0 saturated carbocycles. The first-order chi connectivity index (χ1) is 9.45. The van der Waals surface area contributed by atoms with E-state index >= 15 is 0 Å². The fourth-order valence-electron chi connectivity index (χ4n) is 2.06. The number of ether oxygens (including phenoxy) is 2. The molecule has 1 saturated heterocycles. The van der Waals surface area contributed by atoms with E-state index in [2.05, 4.69) is 5.32 Å². The Balaban J connectivity index is 2.40. The van der Waals surface area contributed by atoms with Crippen molar-refractivity contribution in [2.75, 3.05) is 13.2 Å². The third kappa shape index (κ3) is 5.09. The van der Waals surface area contributed by atoms with E-state index in [0.717, 1.165) is 19.4 Å². The zero-order valence-electron chi connectivity index (χ0n) is 12.4. The van der Waals surface area contributed by atoms with Crippen molar-refractivity contribution in [1.82, 2.24) is 5.32 Å². The van der Waals surface area contributed by atoms with E-state index in [1.165, 1.54) is 0 Å². The van der Waals surface area contributed by atoms with Gasteiger partial charge in [-0.1, -0.05) is 20.3 Å². The molecule has 2 N–H and O–H groups in total. The SMILES string of the molecule is CCC(C)C(NC(=O)C(C)OCC1CCCO1)C(=O)O. The molecule has 1 aliphatic heterocycles. The van der Waals surface area contributed by atoms with E-state index in [1.807, 2.05) is 6.92 Å². The summed E-state index contributed by atoms with van der Waals surface area (Å²) in [4.78, 5) is 23.1. The Morgan fingerprint density at radius 2 is 2.15 bits per heavy atom. The molecule has 0 spiro atoms. The maximum absolute atomic E-state index is 11.9. The first-order valence-electron chi connectivity index (χ1n) is 7.22. The molecule has 20 heavy (non-hydrogen) atoms. The predicted octanol–water partition coefficient (Wildman–Crippen LogP) is 1.19. The molecule has 0 aliphatic carbocycles. The van der Waals surface area contributed by atoms with Crippen LogP contribution in [0.3, 0.4) is 0 Å². The van der Waals surface area contributed by atoms with E-state index in [0.29, 0.717) is 13.0 Å². The Kier molecular flexibility index (Phi) is 6.95. The summed E-state index contributed by atoms with van der Waals surface area (Å²) in [5.41, 5.74) is 0. The lowest BCUT2D eigenvalue weighted by atomic mass is 9.99. The molecule has 6 heteroatoms. The van der Waals surface area contributed by atoms with Gasteiger partial charge in [-0.3, -0.25) is 4.79 Å². The monoisotopic (exact) mass is 287 g/mol. The molecule has 0 radical (unpaired) electrons. The van der Waals surface area contributed by atoms with Crippen LogP contribution in [0.4, 0.5) is 0 Å². The maximum Gasteiger partial charge on any atom is 0.326 e. The Morgan fingerprint density at radius 3 is 2.65 bits per heavy atom. The van der Waals surface area contributed by atoms with Crippen LogP contribution < -0.4 is 5.32 Å². The fourth-order valence-corrected chi connectivity index (χ4v) is 2.06. The highest BCUT2D eigenvalue weighted by atomic mass is 16.5. The van der Waals surface area contributed by atoms with Crippen molar-refractivity contribution < 1.29 is 24.2 Å². The van der Waals surface area contributed by atoms with Gasteiger partial charge in [-0.2, -0.15) is 0 Å². The topological polar surface area (TPSA) is 84.9 Å². The van der Waals surface area contributed by atoms with Gasteiger partial charge >= 0.3 is 5.97 Å². The smallest absolute Gasteiger partial charge is 0.326 e. The molecule has 1 rings (SSSR count). The van der Waals surface area contributed by atoms with Crippen molar-refractivity contribution in [2.45, 2.75) is 58.3 Å². The number of carboxylic acids is 1. The van der Waals surface area contributed by atoms with Gasteiger partial charge < -0.3 is 19.9 Å². The summed E-state index contributed by atoms with van der Waals surface area (Å²) in [5.74, 6) is -1.53. The number of amides is 1. The van der Waals surface area contributed by atoms with Gasteiger partial charge in [-0.25, -0.2) is 4.79 Å². The lowest BCUT2D eigenvalue weighted by Crippen LogP contribution is -2.48. The van der Waals surface area contributed by atoms with Crippen molar-refractivity contribution in [2.24, 2.45) is 5.92 Å². The molecule has 116 valence electrons. The van der Waals surface area contributed by atoms with Crippen LogP contribution in [0.5, 0.6) is 0 Å². The lowest BCUT2D eigenvalue weighted by molar-refractivity contribution is -0.146. The summed E-state index contributed by atoms with van der Waals surface area (Å²) >= 11 is 0. The van der Waals surface area contributed by atoms with Crippen molar-refractivity contribution in [1.29, 1.82) is 0 Å². The fraction of sp³-hybridized carbons (Fsp3) is 0.857. The Morgan fingerprint density at radius 1 is 1.45 bits per heavy atom. The molecule has 1 fully saturated rings. The summed E-state index contributed by atoms with van der Waals surface area (Å²) < 4.78 is 10.9. The van der Waals surface area contributed by atoms with E-state index in [9.17, 15) is 9.59 Å². The van der Waals surface area contributed by atoms with Crippen molar-refractivity contribution in [3.63, 3.8) is 0 Å². The molecule has 0 bridgehead atoms. The first-order valence-corrected chi connectivity index (χ1v) is 7.22. The second-order valence-corrected chi connectivity index (χ2v) is 5.32. The molecule has 4 atom stereocenters. The number of carbonyl (C=O) groups excluding carboxylic acids is 1. The summed E-state index contributed by atoms with van der Waals surface area (Å²) in [5, 5.41) is 11.7. The molecule has 0 aromatic carbocycles. The lowest BCUT2D eigenvalue weighted by Gasteiger charge is -2.22. The highest BCUT2D eigenvalue weighted by Gasteiger charge is 2.28. The molecular weight excluding hydrogens is 262 g/mol. The van der Waals surface area contributed by atoms with Gasteiger partial charge in [0.25, 0.3) is 0 Å². The van der Waals surface area contributed by atoms with Gasteiger partial charge in [0.1, 0.15) is 12.1 Å². The summed E-state index contributed by atoms with van der Waals surface area (Å²) in [6.45, 7) is 6.43. The Labute approximate surface area is 119 Å². The highest BCUT2D eigenvalue weighted by Crippen LogP contribution is 2.13.